The highest BCUT2D eigenvalue weighted by atomic mass is 16.5. The molecule has 6 rings (SSSR count). The quantitative estimate of drug-likeness (QED) is 0.306. The fourth-order valence-electron chi connectivity index (χ4n) is 7.45. The Morgan fingerprint density at radius 3 is 2.47 bits per heavy atom. The van der Waals surface area contributed by atoms with Crippen LogP contribution in [0.3, 0.4) is 0 Å². The Kier molecular flexibility index (Phi) is 9.49. The minimum atomic E-state index is -0.273. The first-order valence-electron chi connectivity index (χ1n) is 16.3. The van der Waals surface area contributed by atoms with Gasteiger partial charge in [-0.05, 0) is 118 Å². The van der Waals surface area contributed by atoms with Crippen LogP contribution in [0.2, 0.25) is 0 Å². The zero-order chi connectivity index (χ0) is 29.8. The van der Waals surface area contributed by atoms with E-state index in [1.807, 2.05) is 6.20 Å². The third-order valence-corrected chi connectivity index (χ3v) is 10.1. The average molecular weight is 586 g/mol. The largest absolute Gasteiger partial charge is 0.496 e. The number of carbonyl (C=O) groups excluding carboxylic acids is 1. The lowest BCUT2D eigenvalue weighted by molar-refractivity contribution is -0.124. The smallest absolute Gasteiger partial charge is 0.230 e. The van der Waals surface area contributed by atoms with Crippen molar-refractivity contribution < 1.29 is 19.4 Å². The summed E-state index contributed by atoms with van der Waals surface area (Å²) in [5.41, 5.74) is 5.73. The summed E-state index contributed by atoms with van der Waals surface area (Å²) in [5, 5.41) is 14.8. The number of anilines is 1. The Labute approximate surface area is 256 Å². The number of aliphatic hydroxyl groups is 1. The minimum absolute atomic E-state index is 0.0260. The van der Waals surface area contributed by atoms with Gasteiger partial charge in [0, 0.05) is 43.1 Å². The van der Waals surface area contributed by atoms with Gasteiger partial charge in [0.05, 0.1) is 25.5 Å². The Morgan fingerprint density at radius 1 is 0.977 bits per heavy atom. The van der Waals surface area contributed by atoms with Gasteiger partial charge in [-0.1, -0.05) is 24.3 Å². The molecule has 7 nitrogen and oxygen atoms in total. The Bertz CT molecular complexity index is 1360. The maximum absolute atomic E-state index is 14.1. The summed E-state index contributed by atoms with van der Waals surface area (Å²) >= 11 is 0. The van der Waals surface area contributed by atoms with E-state index in [0.717, 1.165) is 93.7 Å². The predicted octanol–water partition coefficient (Wildman–Crippen LogP) is 7.08. The molecule has 2 aliphatic carbocycles. The second-order valence-corrected chi connectivity index (χ2v) is 13.0. The zero-order valence-corrected chi connectivity index (χ0v) is 25.8. The van der Waals surface area contributed by atoms with E-state index in [1.165, 1.54) is 11.1 Å². The summed E-state index contributed by atoms with van der Waals surface area (Å²) < 4.78 is 13.1. The highest BCUT2D eigenvalue weighted by Crippen LogP contribution is 2.39. The molecular weight excluding hydrogens is 538 g/mol. The Morgan fingerprint density at radius 2 is 1.74 bits per heavy atom. The molecule has 1 N–H and O–H groups in total. The van der Waals surface area contributed by atoms with Crippen LogP contribution in [0.4, 0.5) is 5.69 Å². The SMILES string of the molecule is COc1ccc(C2CCC(CN(C(=O)C3CCC(O)CC3)c3cccc(-c4cnn(C5CCOCC5)c4)c3)CC2)cc1C. The average Bonchev–Trinajstić information content (AvgIpc) is 3.55. The van der Waals surface area contributed by atoms with Crippen LogP contribution >= 0.6 is 0 Å². The van der Waals surface area contributed by atoms with Crippen LogP contribution in [0.25, 0.3) is 11.1 Å². The van der Waals surface area contributed by atoms with E-state index < -0.39 is 0 Å². The molecular formula is C36H47N3O4. The molecule has 3 fully saturated rings. The molecule has 0 radical (unpaired) electrons. The van der Waals surface area contributed by atoms with Crippen LogP contribution in [0.1, 0.15) is 87.3 Å². The fraction of sp³-hybridized carbons (Fsp3) is 0.556. The molecule has 0 atom stereocenters. The number of aliphatic hydroxyl groups excluding tert-OH is 1. The molecule has 43 heavy (non-hydrogen) atoms. The highest BCUT2D eigenvalue weighted by Gasteiger charge is 2.32. The number of carbonyl (C=O) groups is 1. The summed E-state index contributed by atoms with van der Waals surface area (Å²) in [7, 11) is 1.73. The van der Waals surface area contributed by atoms with Crippen molar-refractivity contribution in [2.45, 2.75) is 89.2 Å². The number of rotatable bonds is 8. The minimum Gasteiger partial charge on any atom is -0.496 e. The van der Waals surface area contributed by atoms with Crippen LogP contribution in [-0.4, -0.2) is 53.8 Å². The van der Waals surface area contributed by atoms with E-state index in [-0.39, 0.29) is 17.9 Å². The normalized spacial score (nSPS) is 24.9. The number of aryl methyl sites for hydroxylation is 1. The Balaban J connectivity index is 1.19. The third kappa shape index (κ3) is 6.99. The van der Waals surface area contributed by atoms with E-state index in [1.54, 1.807) is 7.11 Å². The van der Waals surface area contributed by atoms with Crippen LogP contribution in [-0.2, 0) is 9.53 Å². The summed E-state index contributed by atoms with van der Waals surface area (Å²) in [4.78, 5) is 16.2. The van der Waals surface area contributed by atoms with Gasteiger partial charge in [-0.25, -0.2) is 0 Å². The summed E-state index contributed by atoms with van der Waals surface area (Å²) in [6.07, 6.45) is 13.2. The molecule has 0 bridgehead atoms. The number of hydrogen-bond donors (Lipinski definition) is 1. The molecule has 1 amide bonds. The van der Waals surface area contributed by atoms with Gasteiger partial charge in [0.1, 0.15) is 5.75 Å². The van der Waals surface area contributed by atoms with Gasteiger partial charge >= 0.3 is 0 Å². The number of aromatic nitrogens is 2. The maximum atomic E-state index is 14.1. The van der Waals surface area contributed by atoms with Crippen molar-refractivity contribution in [3.05, 3.63) is 66.0 Å². The van der Waals surface area contributed by atoms with Crippen molar-refractivity contribution in [3.8, 4) is 16.9 Å². The van der Waals surface area contributed by atoms with Gasteiger partial charge in [0.25, 0.3) is 0 Å². The lowest BCUT2D eigenvalue weighted by Crippen LogP contribution is -2.41. The molecule has 230 valence electrons. The maximum Gasteiger partial charge on any atom is 0.230 e. The van der Waals surface area contributed by atoms with E-state index in [0.29, 0.717) is 30.7 Å². The summed E-state index contributed by atoms with van der Waals surface area (Å²) in [6.45, 7) is 4.43. The third-order valence-electron chi connectivity index (χ3n) is 10.1. The molecule has 0 spiro atoms. The van der Waals surface area contributed by atoms with Gasteiger partial charge in [-0.3, -0.25) is 9.48 Å². The fourth-order valence-corrected chi connectivity index (χ4v) is 7.45. The van der Waals surface area contributed by atoms with E-state index in [2.05, 4.69) is 65.2 Å². The first-order chi connectivity index (χ1) is 21.0. The van der Waals surface area contributed by atoms with Crippen molar-refractivity contribution in [3.63, 3.8) is 0 Å². The highest BCUT2D eigenvalue weighted by molar-refractivity contribution is 5.95. The van der Waals surface area contributed by atoms with Crippen molar-refractivity contribution in [2.75, 3.05) is 31.8 Å². The Hall–Kier alpha value is -3.16. The van der Waals surface area contributed by atoms with Crippen LogP contribution in [0, 0.1) is 18.8 Å². The van der Waals surface area contributed by atoms with Crippen molar-refractivity contribution >= 4 is 11.6 Å². The molecule has 2 heterocycles. The number of hydrogen-bond acceptors (Lipinski definition) is 5. The van der Waals surface area contributed by atoms with Gasteiger partial charge < -0.3 is 19.5 Å². The number of benzene rings is 2. The van der Waals surface area contributed by atoms with E-state index in [9.17, 15) is 9.90 Å². The van der Waals surface area contributed by atoms with Gasteiger partial charge in [-0.2, -0.15) is 5.10 Å². The molecule has 3 aliphatic rings. The van der Waals surface area contributed by atoms with Crippen molar-refractivity contribution in [1.82, 2.24) is 9.78 Å². The standard InChI is InChI=1S/C36H47N3O4/c1-25-20-30(12-15-35(25)42-2)27-8-6-26(7-9-27)23-38(36(41)28-10-13-34(40)14-11-28)33-5-3-4-29(21-33)31-22-37-39(24-31)32-16-18-43-19-17-32/h3-5,12,15,20-22,24,26-28,32,34,40H,6-11,13-14,16-19,23H2,1-2H3. The van der Waals surface area contributed by atoms with Crippen LogP contribution < -0.4 is 9.64 Å². The second-order valence-electron chi connectivity index (χ2n) is 13.0. The van der Waals surface area contributed by atoms with Gasteiger partial charge in [0.2, 0.25) is 5.91 Å². The van der Waals surface area contributed by atoms with Crippen LogP contribution in [0.5, 0.6) is 5.75 Å². The number of amides is 1. The molecule has 1 aromatic heterocycles. The lowest BCUT2D eigenvalue weighted by atomic mass is 9.78. The molecule has 2 aromatic carbocycles. The van der Waals surface area contributed by atoms with E-state index >= 15 is 0 Å². The number of methoxy groups -OCH3 is 1. The van der Waals surface area contributed by atoms with Crippen LogP contribution in [0.15, 0.2) is 54.9 Å². The number of ether oxygens (including phenoxy) is 2. The molecule has 1 saturated heterocycles. The monoisotopic (exact) mass is 585 g/mol. The second kappa shape index (κ2) is 13.6. The zero-order valence-electron chi connectivity index (χ0n) is 25.8. The van der Waals surface area contributed by atoms with E-state index in [4.69, 9.17) is 14.6 Å². The predicted molar refractivity (Wildman–Crippen MR) is 170 cm³/mol. The summed E-state index contributed by atoms with van der Waals surface area (Å²) in [5.74, 6) is 2.16. The first-order valence-corrected chi connectivity index (χ1v) is 16.3. The topological polar surface area (TPSA) is 76.8 Å². The van der Waals surface area contributed by atoms with Gasteiger partial charge in [-0.15, -0.1) is 0 Å². The number of nitrogens with zero attached hydrogens (tertiary/aromatic N) is 3. The van der Waals surface area contributed by atoms with Crippen molar-refractivity contribution in [2.24, 2.45) is 11.8 Å². The molecule has 1 aliphatic heterocycles. The first kappa shape index (κ1) is 29.9. The molecule has 3 aromatic rings. The van der Waals surface area contributed by atoms with Gasteiger partial charge in [0.15, 0.2) is 0 Å². The molecule has 2 saturated carbocycles. The lowest BCUT2D eigenvalue weighted by Gasteiger charge is -2.36. The molecule has 0 unspecified atom stereocenters. The van der Waals surface area contributed by atoms with Crippen molar-refractivity contribution in [1.29, 1.82) is 0 Å². The molecule has 7 heteroatoms. The summed E-state index contributed by atoms with van der Waals surface area (Å²) in [6, 6.07) is 15.4.